The lowest BCUT2D eigenvalue weighted by atomic mass is 10.1. The molecule has 0 aromatic heterocycles. The van der Waals surface area contributed by atoms with Crippen molar-refractivity contribution in [1.82, 2.24) is 0 Å². The Kier molecular flexibility index (Phi) is 7.71. The van der Waals surface area contributed by atoms with Crippen molar-refractivity contribution >= 4 is 11.5 Å². The summed E-state index contributed by atoms with van der Waals surface area (Å²) in [4.78, 5) is 12.2. The lowest BCUT2D eigenvalue weighted by Gasteiger charge is -2.14. The Labute approximate surface area is 122 Å². The van der Waals surface area contributed by atoms with E-state index < -0.39 is 0 Å². The maximum Gasteiger partial charge on any atom is 0.338 e. The van der Waals surface area contributed by atoms with Crippen LogP contribution in [0.15, 0.2) is 36.4 Å². The van der Waals surface area contributed by atoms with Crippen molar-refractivity contribution in [2.75, 3.05) is 0 Å². The Hall–Kier alpha value is -1.57. The highest BCUT2D eigenvalue weighted by molar-refractivity contribution is 6.16. The molecule has 2 nitrogen and oxygen atoms in total. The number of esters is 1. The molecule has 0 aliphatic heterocycles. The van der Waals surface area contributed by atoms with Crippen LogP contribution in [0.2, 0.25) is 0 Å². The molecule has 0 heterocycles. The minimum absolute atomic E-state index is 0.0157. The zero-order chi connectivity index (χ0) is 14.8. The van der Waals surface area contributed by atoms with Gasteiger partial charge in [-0.15, -0.1) is 0 Å². The Morgan fingerprint density at radius 2 is 1.90 bits per heavy atom. The van der Waals surface area contributed by atoms with E-state index in [-0.39, 0.29) is 12.1 Å². The number of ether oxygens (including phenoxy) is 1. The second-order valence-electron chi connectivity index (χ2n) is 5.13. The van der Waals surface area contributed by atoms with Crippen LogP contribution in [-0.4, -0.2) is 12.1 Å². The molecular weight excluding hydrogens is 248 g/mol. The number of rotatable bonds is 8. The van der Waals surface area contributed by atoms with E-state index in [1.54, 1.807) is 0 Å². The van der Waals surface area contributed by atoms with Gasteiger partial charge in [-0.25, -0.2) is 4.79 Å². The predicted molar refractivity (Wildman–Crippen MR) is 84.4 cm³/mol. The van der Waals surface area contributed by atoms with Gasteiger partial charge in [-0.1, -0.05) is 62.6 Å². The normalized spacial score (nSPS) is 13.1. The summed E-state index contributed by atoms with van der Waals surface area (Å²) in [5, 5.41) is 0. The second kappa shape index (κ2) is 9.35. The fourth-order valence-electron chi connectivity index (χ4n) is 2.18. The van der Waals surface area contributed by atoms with E-state index in [0.29, 0.717) is 5.57 Å². The van der Waals surface area contributed by atoms with E-state index in [2.05, 4.69) is 6.92 Å². The highest BCUT2D eigenvalue weighted by Gasteiger charge is 2.15. The largest absolute Gasteiger partial charge is 0.459 e. The van der Waals surface area contributed by atoms with Crippen molar-refractivity contribution in [1.29, 1.82) is 0 Å². The summed E-state index contributed by atoms with van der Waals surface area (Å²) >= 11 is 0. The molecule has 0 saturated carbocycles. The lowest BCUT2D eigenvalue weighted by molar-refractivity contribution is -0.141. The fourth-order valence-corrected chi connectivity index (χ4v) is 2.18. The van der Waals surface area contributed by atoms with E-state index in [1.807, 2.05) is 50.3 Å². The van der Waals surface area contributed by atoms with Gasteiger partial charge in [0.15, 0.2) is 0 Å². The number of hydrogen-bond acceptors (Lipinski definition) is 2. The van der Waals surface area contributed by atoms with Gasteiger partial charge in [0.2, 0.25) is 0 Å². The molecule has 1 aromatic rings. The summed E-state index contributed by atoms with van der Waals surface area (Å²) in [5.74, 6) is -0.221. The minimum atomic E-state index is -0.221. The van der Waals surface area contributed by atoms with E-state index in [9.17, 15) is 4.79 Å². The van der Waals surface area contributed by atoms with Crippen LogP contribution in [0.3, 0.4) is 0 Å². The summed E-state index contributed by atoms with van der Waals surface area (Å²) in [5.41, 5.74) is 1.56. The Morgan fingerprint density at radius 1 is 1.20 bits per heavy atom. The van der Waals surface area contributed by atoms with Crippen LogP contribution in [-0.2, 0) is 9.53 Å². The molecule has 1 unspecified atom stereocenters. The zero-order valence-electron chi connectivity index (χ0n) is 12.9. The third-order valence-electron chi connectivity index (χ3n) is 3.37. The van der Waals surface area contributed by atoms with Crippen molar-refractivity contribution in [3.05, 3.63) is 42.0 Å². The number of allylic oxidation sites excluding steroid dienone is 1. The third-order valence-corrected chi connectivity index (χ3v) is 3.37. The van der Waals surface area contributed by atoms with E-state index in [4.69, 9.17) is 4.74 Å². The summed E-state index contributed by atoms with van der Waals surface area (Å²) in [6.45, 7) is 6.04. The molecule has 0 amide bonds. The summed E-state index contributed by atoms with van der Waals surface area (Å²) in [6, 6.07) is 9.67. The second-order valence-corrected chi connectivity index (χ2v) is 5.13. The number of carbonyl (C=O) groups is 1. The zero-order valence-corrected chi connectivity index (χ0v) is 12.9. The highest BCUT2D eigenvalue weighted by atomic mass is 16.5. The quantitative estimate of drug-likeness (QED) is 0.379. The van der Waals surface area contributed by atoms with Crippen LogP contribution in [0.4, 0.5) is 0 Å². The van der Waals surface area contributed by atoms with Crippen molar-refractivity contribution in [2.45, 2.75) is 59.0 Å². The Morgan fingerprint density at radius 3 is 2.50 bits per heavy atom. The highest BCUT2D eigenvalue weighted by Crippen LogP contribution is 2.17. The molecule has 0 saturated heterocycles. The molecule has 0 aliphatic rings. The molecule has 0 fully saturated rings. The molecule has 1 atom stereocenters. The van der Waals surface area contributed by atoms with Gasteiger partial charge >= 0.3 is 5.97 Å². The maximum absolute atomic E-state index is 12.2. The molecule has 0 radical (unpaired) electrons. The molecule has 1 rings (SSSR count). The van der Waals surface area contributed by atoms with Gasteiger partial charge in [0.25, 0.3) is 0 Å². The van der Waals surface area contributed by atoms with Crippen molar-refractivity contribution in [3.63, 3.8) is 0 Å². The van der Waals surface area contributed by atoms with Crippen molar-refractivity contribution in [2.24, 2.45) is 0 Å². The van der Waals surface area contributed by atoms with Crippen LogP contribution >= 0.6 is 0 Å². The maximum atomic E-state index is 12.2. The number of hydrogen-bond donors (Lipinski definition) is 0. The van der Waals surface area contributed by atoms with E-state index >= 15 is 0 Å². The summed E-state index contributed by atoms with van der Waals surface area (Å²) < 4.78 is 5.53. The monoisotopic (exact) mass is 274 g/mol. The molecule has 1 aromatic carbocycles. The third kappa shape index (κ3) is 5.60. The lowest BCUT2D eigenvalue weighted by Crippen LogP contribution is -2.16. The summed E-state index contributed by atoms with van der Waals surface area (Å²) in [6.07, 6.45) is 7.57. The van der Waals surface area contributed by atoms with Crippen molar-refractivity contribution < 1.29 is 9.53 Å². The standard InChI is InChI=1S/C18H26O2/c1-4-6-7-9-12-15(3)20-18(19)17(5-2)16-13-10-8-11-14-16/h5,8,10-11,13-15H,4,6-7,9,12H2,1-3H3/b17-5+. The number of benzene rings is 1. The first-order valence-electron chi connectivity index (χ1n) is 7.61. The SMILES string of the molecule is C/C=C(/C(=O)OC(C)CCCCCC)c1ccccc1. The Balaban J connectivity index is 2.48. The van der Waals surface area contributed by atoms with Gasteiger partial charge in [0.1, 0.15) is 0 Å². The van der Waals surface area contributed by atoms with Gasteiger partial charge in [-0.2, -0.15) is 0 Å². The summed E-state index contributed by atoms with van der Waals surface area (Å²) in [7, 11) is 0. The Bertz CT molecular complexity index is 420. The minimum Gasteiger partial charge on any atom is -0.459 e. The van der Waals surface area contributed by atoms with Gasteiger partial charge in [0.05, 0.1) is 11.7 Å². The van der Waals surface area contributed by atoms with Crippen LogP contribution in [0, 0.1) is 0 Å². The van der Waals surface area contributed by atoms with E-state index in [1.165, 1.54) is 19.3 Å². The first kappa shape index (κ1) is 16.5. The van der Waals surface area contributed by atoms with Crippen LogP contribution in [0.1, 0.15) is 58.4 Å². The first-order valence-corrected chi connectivity index (χ1v) is 7.61. The number of carbonyl (C=O) groups excluding carboxylic acids is 1. The molecule has 110 valence electrons. The predicted octanol–water partition coefficient (Wildman–Crippen LogP) is 4.99. The van der Waals surface area contributed by atoms with Gasteiger partial charge < -0.3 is 4.74 Å². The molecule has 0 aliphatic carbocycles. The average Bonchev–Trinajstić information content (AvgIpc) is 2.45. The van der Waals surface area contributed by atoms with Crippen LogP contribution in [0.25, 0.3) is 5.57 Å². The van der Waals surface area contributed by atoms with Crippen LogP contribution < -0.4 is 0 Å². The topological polar surface area (TPSA) is 26.3 Å². The fraction of sp³-hybridized carbons (Fsp3) is 0.500. The molecule has 20 heavy (non-hydrogen) atoms. The molecular formula is C18H26O2. The number of unbranched alkanes of at least 4 members (excludes halogenated alkanes) is 3. The van der Waals surface area contributed by atoms with Crippen LogP contribution in [0.5, 0.6) is 0 Å². The van der Waals surface area contributed by atoms with Gasteiger partial charge in [0, 0.05) is 0 Å². The molecule has 2 heteroatoms. The van der Waals surface area contributed by atoms with E-state index in [0.717, 1.165) is 18.4 Å². The average molecular weight is 274 g/mol. The van der Waals surface area contributed by atoms with Gasteiger partial charge in [-0.05, 0) is 32.3 Å². The molecule has 0 spiro atoms. The van der Waals surface area contributed by atoms with Crippen molar-refractivity contribution in [3.8, 4) is 0 Å². The van der Waals surface area contributed by atoms with Gasteiger partial charge in [-0.3, -0.25) is 0 Å². The first-order chi connectivity index (χ1) is 9.69. The smallest absolute Gasteiger partial charge is 0.338 e. The molecule has 0 N–H and O–H groups in total. The molecule has 0 bridgehead atoms.